The zero-order chi connectivity index (χ0) is 23.0. The van der Waals surface area contributed by atoms with E-state index in [9.17, 15) is 4.79 Å². The van der Waals surface area contributed by atoms with Gasteiger partial charge in [-0.3, -0.25) is 9.79 Å². The smallest absolute Gasteiger partial charge is 0.258 e. The summed E-state index contributed by atoms with van der Waals surface area (Å²) in [4.78, 5) is 18.5. The van der Waals surface area contributed by atoms with Gasteiger partial charge in [0.25, 0.3) is 5.91 Å². The van der Waals surface area contributed by atoms with E-state index in [0.717, 1.165) is 57.0 Å². The Labute approximate surface area is 196 Å². The predicted molar refractivity (Wildman–Crippen MR) is 133 cm³/mol. The number of aliphatic imine (C=N–C) groups is 1. The molecule has 0 bridgehead atoms. The number of hydrogen-bond donors (Lipinski definition) is 3. The number of carbonyl (C=O) groups is 1. The zero-order valence-corrected chi connectivity index (χ0v) is 19.6. The van der Waals surface area contributed by atoms with E-state index in [2.05, 4.69) is 57.0 Å². The van der Waals surface area contributed by atoms with Gasteiger partial charge >= 0.3 is 0 Å². The first kappa shape index (κ1) is 23.0. The third kappa shape index (κ3) is 7.14. The Hall–Kier alpha value is -3.22. The minimum atomic E-state index is -0.0473. The lowest BCUT2D eigenvalue weighted by atomic mass is 10.1. The Morgan fingerprint density at radius 1 is 1.03 bits per heavy atom. The minimum Gasteiger partial charge on any atom is -0.484 e. The van der Waals surface area contributed by atoms with E-state index in [1.165, 1.54) is 16.8 Å². The third-order valence-corrected chi connectivity index (χ3v) is 6.09. The first-order chi connectivity index (χ1) is 16.1. The number of amides is 1. The van der Waals surface area contributed by atoms with E-state index in [-0.39, 0.29) is 12.5 Å². The molecule has 1 aliphatic heterocycles. The molecule has 1 heterocycles. The maximum Gasteiger partial charge on any atom is 0.258 e. The largest absolute Gasteiger partial charge is 0.484 e. The molecule has 176 valence electrons. The average Bonchev–Trinajstić information content (AvgIpc) is 3.52. The normalized spacial score (nSPS) is 18.2. The first-order valence-corrected chi connectivity index (χ1v) is 11.9. The molecule has 2 aromatic carbocycles. The maximum absolute atomic E-state index is 11.7. The second kappa shape index (κ2) is 11.1. The van der Waals surface area contributed by atoms with Crippen molar-refractivity contribution >= 4 is 17.6 Å². The Kier molecular flexibility index (Phi) is 7.70. The highest BCUT2D eigenvalue weighted by Gasteiger charge is 2.24. The summed E-state index contributed by atoms with van der Waals surface area (Å²) in [5.41, 5.74) is 3.78. The number of hydrogen-bond acceptors (Lipinski definition) is 4. The molecule has 0 spiro atoms. The summed E-state index contributed by atoms with van der Waals surface area (Å²) >= 11 is 0. The van der Waals surface area contributed by atoms with Crippen LogP contribution >= 0.6 is 0 Å². The number of aryl methyl sites for hydroxylation is 1. The van der Waals surface area contributed by atoms with Crippen molar-refractivity contribution in [3.8, 4) is 5.75 Å². The van der Waals surface area contributed by atoms with E-state index in [1.54, 1.807) is 0 Å². The number of nitrogens with zero attached hydrogens (tertiary/aromatic N) is 2. The van der Waals surface area contributed by atoms with Crippen molar-refractivity contribution in [2.45, 2.75) is 44.7 Å². The summed E-state index contributed by atoms with van der Waals surface area (Å²) in [6.45, 7) is 5.00. The Morgan fingerprint density at radius 3 is 2.48 bits per heavy atom. The van der Waals surface area contributed by atoms with Crippen LogP contribution in [0.15, 0.2) is 53.5 Å². The fraction of sp³-hybridized carbons (Fsp3) is 0.462. The molecule has 1 saturated heterocycles. The van der Waals surface area contributed by atoms with Crippen LogP contribution in [0.1, 0.15) is 30.4 Å². The fourth-order valence-corrected chi connectivity index (χ4v) is 3.98. The second-order valence-corrected chi connectivity index (χ2v) is 8.93. The highest BCUT2D eigenvalue weighted by Crippen LogP contribution is 2.21. The molecule has 2 aliphatic rings. The summed E-state index contributed by atoms with van der Waals surface area (Å²) < 4.78 is 5.57. The summed E-state index contributed by atoms with van der Waals surface area (Å²) in [6, 6.07) is 17.4. The molecule has 2 aromatic rings. The number of anilines is 1. The highest BCUT2D eigenvalue weighted by molar-refractivity contribution is 5.80. The van der Waals surface area contributed by atoms with Gasteiger partial charge in [0, 0.05) is 44.5 Å². The van der Waals surface area contributed by atoms with Gasteiger partial charge in [-0.25, -0.2) is 0 Å². The van der Waals surface area contributed by atoms with E-state index < -0.39 is 0 Å². The van der Waals surface area contributed by atoms with Crippen LogP contribution in [0.3, 0.4) is 0 Å². The summed E-state index contributed by atoms with van der Waals surface area (Å²) in [5.74, 6) is 1.51. The fourth-order valence-electron chi connectivity index (χ4n) is 3.98. The Balaban J connectivity index is 1.15. The van der Waals surface area contributed by atoms with Gasteiger partial charge in [-0.1, -0.05) is 29.8 Å². The van der Waals surface area contributed by atoms with Crippen LogP contribution in [-0.4, -0.2) is 57.2 Å². The van der Waals surface area contributed by atoms with E-state index in [4.69, 9.17) is 4.74 Å². The quantitative estimate of drug-likeness (QED) is 0.405. The zero-order valence-electron chi connectivity index (χ0n) is 19.6. The molecule has 1 amide bonds. The standard InChI is InChI=1S/C26H35N5O2/c1-19-3-9-23(10-4-19)31-16-14-22(17-31)30-26(27-2)28-15-13-20-5-11-24(12-6-20)33-18-25(32)29-21-7-8-21/h3-6,9-12,21-22H,7-8,13-18H2,1-2H3,(H,29,32)(H2,27,28,30). The molecular weight excluding hydrogens is 414 g/mol. The van der Waals surface area contributed by atoms with Crippen LogP contribution < -0.4 is 25.6 Å². The van der Waals surface area contributed by atoms with E-state index >= 15 is 0 Å². The molecule has 1 aliphatic carbocycles. The topological polar surface area (TPSA) is 78.0 Å². The Bertz CT molecular complexity index is 938. The lowest BCUT2D eigenvalue weighted by Crippen LogP contribution is -2.45. The number of ether oxygens (including phenoxy) is 1. The number of guanidine groups is 1. The van der Waals surface area contributed by atoms with Gasteiger partial charge < -0.3 is 25.6 Å². The van der Waals surface area contributed by atoms with Crippen LogP contribution in [0.25, 0.3) is 0 Å². The lowest BCUT2D eigenvalue weighted by Gasteiger charge is -2.20. The van der Waals surface area contributed by atoms with Gasteiger partial charge in [0.2, 0.25) is 0 Å². The van der Waals surface area contributed by atoms with Crippen LogP contribution in [0, 0.1) is 6.92 Å². The molecule has 2 fully saturated rings. The van der Waals surface area contributed by atoms with Crippen molar-refractivity contribution in [2.24, 2.45) is 4.99 Å². The van der Waals surface area contributed by atoms with Crippen LogP contribution in [-0.2, 0) is 11.2 Å². The summed E-state index contributed by atoms with van der Waals surface area (Å²) in [7, 11) is 1.81. The molecule has 1 unspecified atom stereocenters. The average molecular weight is 450 g/mol. The molecule has 3 N–H and O–H groups in total. The lowest BCUT2D eigenvalue weighted by molar-refractivity contribution is -0.123. The van der Waals surface area contributed by atoms with Crippen molar-refractivity contribution in [1.82, 2.24) is 16.0 Å². The van der Waals surface area contributed by atoms with Gasteiger partial charge in [0.05, 0.1) is 0 Å². The number of rotatable bonds is 9. The molecule has 7 nitrogen and oxygen atoms in total. The molecule has 1 saturated carbocycles. The van der Waals surface area contributed by atoms with Crippen LogP contribution in [0.2, 0.25) is 0 Å². The second-order valence-electron chi connectivity index (χ2n) is 8.93. The molecule has 0 aromatic heterocycles. The van der Waals surface area contributed by atoms with E-state index in [1.807, 2.05) is 31.3 Å². The van der Waals surface area contributed by atoms with Crippen molar-refractivity contribution < 1.29 is 9.53 Å². The third-order valence-electron chi connectivity index (χ3n) is 6.09. The summed E-state index contributed by atoms with van der Waals surface area (Å²) in [6.07, 6.45) is 4.14. The van der Waals surface area contributed by atoms with Gasteiger partial charge in [0.15, 0.2) is 12.6 Å². The molecule has 1 atom stereocenters. The molecule has 0 radical (unpaired) electrons. The first-order valence-electron chi connectivity index (χ1n) is 11.9. The monoisotopic (exact) mass is 449 g/mol. The molecule has 33 heavy (non-hydrogen) atoms. The maximum atomic E-state index is 11.7. The molecule has 4 rings (SSSR count). The summed E-state index contributed by atoms with van der Waals surface area (Å²) in [5, 5.41) is 9.90. The highest BCUT2D eigenvalue weighted by atomic mass is 16.5. The van der Waals surface area contributed by atoms with Crippen LogP contribution in [0.4, 0.5) is 5.69 Å². The van der Waals surface area contributed by atoms with Gasteiger partial charge in [-0.2, -0.15) is 0 Å². The molecule has 7 heteroatoms. The van der Waals surface area contributed by atoms with Crippen molar-refractivity contribution in [3.63, 3.8) is 0 Å². The van der Waals surface area contributed by atoms with E-state index in [0.29, 0.717) is 12.1 Å². The minimum absolute atomic E-state index is 0.0473. The number of nitrogens with one attached hydrogen (secondary N) is 3. The number of benzene rings is 2. The molecular formula is C26H35N5O2. The number of carbonyl (C=O) groups excluding carboxylic acids is 1. The van der Waals surface area contributed by atoms with Crippen molar-refractivity contribution in [3.05, 3.63) is 59.7 Å². The SMILES string of the molecule is CN=C(NCCc1ccc(OCC(=O)NC2CC2)cc1)NC1CCN(c2ccc(C)cc2)C1. The van der Waals surface area contributed by atoms with Gasteiger partial charge in [-0.15, -0.1) is 0 Å². The van der Waals surface area contributed by atoms with Gasteiger partial charge in [0.1, 0.15) is 5.75 Å². The van der Waals surface area contributed by atoms with Crippen molar-refractivity contribution in [2.75, 3.05) is 38.2 Å². The Morgan fingerprint density at radius 2 is 1.79 bits per heavy atom. The van der Waals surface area contributed by atoms with Crippen molar-refractivity contribution in [1.29, 1.82) is 0 Å². The van der Waals surface area contributed by atoms with Gasteiger partial charge in [-0.05, 0) is 62.4 Å². The predicted octanol–water partition coefficient (Wildman–Crippen LogP) is 2.64. The van der Waals surface area contributed by atoms with Crippen LogP contribution in [0.5, 0.6) is 5.75 Å².